The van der Waals surface area contributed by atoms with Crippen molar-refractivity contribution in [2.24, 2.45) is 5.92 Å². The maximum Gasteiger partial charge on any atom is 0.238 e. The molecule has 0 aromatic heterocycles. The second kappa shape index (κ2) is 7.04. The van der Waals surface area contributed by atoms with Crippen LogP contribution in [0.4, 0.5) is 5.69 Å². The van der Waals surface area contributed by atoms with Crippen LogP contribution in [0.5, 0.6) is 0 Å². The Kier molecular flexibility index (Phi) is 5.05. The number of piperidine rings is 1. The van der Waals surface area contributed by atoms with Gasteiger partial charge in [0.1, 0.15) is 0 Å². The van der Waals surface area contributed by atoms with Crippen molar-refractivity contribution in [3.8, 4) is 0 Å². The molecular formula is C20H30N2O. The number of hydrogen-bond acceptors (Lipinski definition) is 2. The molecule has 0 unspecified atom stereocenters. The number of nitrogens with one attached hydrogen (secondary N) is 1. The zero-order valence-electron chi connectivity index (χ0n) is 14.8. The van der Waals surface area contributed by atoms with Crippen LogP contribution >= 0.6 is 0 Å². The van der Waals surface area contributed by atoms with Gasteiger partial charge in [0.05, 0.1) is 6.54 Å². The van der Waals surface area contributed by atoms with Gasteiger partial charge in [0.2, 0.25) is 5.91 Å². The highest BCUT2D eigenvalue weighted by Gasteiger charge is 2.33. The first kappa shape index (κ1) is 16.5. The molecule has 1 saturated heterocycles. The van der Waals surface area contributed by atoms with Gasteiger partial charge in [-0.3, -0.25) is 9.69 Å². The standard InChI is InChI=1S/C20H30N2O/c1-14-11-15(2)20(16(3)12-14)21-19(23)13-22-10-6-8-17-7-4-5-9-18(17)22/h11-12,17-18H,4-10,13H2,1-3H3,(H,21,23)/t17-,18+/m1/s1. The third kappa shape index (κ3) is 3.77. The molecule has 1 aromatic rings. The monoisotopic (exact) mass is 314 g/mol. The summed E-state index contributed by atoms with van der Waals surface area (Å²) in [6, 6.07) is 4.92. The summed E-state index contributed by atoms with van der Waals surface area (Å²) in [5, 5.41) is 3.17. The van der Waals surface area contributed by atoms with E-state index < -0.39 is 0 Å². The molecular weight excluding hydrogens is 284 g/mol. The molecule has 126 valence electrons. The number of rotatable bonds is 3. The lowest BCUT2D eigenvalue weighted by molar-refractivity contribution is -0.118. The fraction of sp³-hybridized carbons (Fsp3) is 0.650. The maximum absolute atomic E-state index is 12.6. The van der Waals surface area contributed by atoms with Crippen molar-refractivity contribution >= 4 is 11.6 Å². The van der Waals surface area contributed by atoms with Crippen molar-refractivity contribution in [3.63, 3.8) is 0 Å². The molecule has 0 radical (unpaired) electrons. The first-order chi connectivity index (χ1) is 11.0. The second-order valence-electron chi connectivity index (χ2n) is 7.55. The Morgan fingerprint density at radius 1 is 1.09 bits per heavy atom. The summed E-state index contributed by atoms with van der Waals surface area (Å²) in [5.41, 5.74) is 4.56. The fourth-order valence-electron chi connectivity index (χ4n) is 4.66. The van der Waals surface area contributed by atoms with Crippen LogP contribution in [0, 0.1) is 26.7 Å². The number of amides is 1. The van der Waals surface area contributed by atoms with Crippen molar-refractivity contribution in [1.29, 1.82) is 0 Å². The van der Waals surface area contributed by atoms with E-state index in [1.54, 1.807) is 0 Å². The number of anilines is 1. The van der Waals surface area contributed by atoms with Gasteiger partial charge in [-0.2, -0.15) is 0 Å². The van der Waals surface area contributed by atoms with Gasteiger partial charge in [0.15, 0.2) is 0 Å². The highest BCUT2D eigenvalue weighted by Crippen LogP contribution is 2.35. The summed E-state index contributed by atoms with van der Waals surface area (Å²) >= 11 is 0. The Morgan fingerprint density at radius 2 is 1.74 bits per heavy atom. The minimum absolute atomic E-state index is 0.145. The molecule has 23 heavy (non-hydrogen) atoms. The molecule has 1 heterocycles. The number of likely N-dealkylation sites (tertiary alicyclic amines) is 1. The van der Waals surface area contributed by atoms with Crippen LogP contribution in [-0.2, 0) is 4.79 Å². The quantitative estimate of drug-likeness (QED) is 0.906. The minimum atomic E-state index is 0.145. The van der Waals surface area contributed by atoms with Crippen molar-refractivity contribution in [2.75, 3.05) is 18.4 Å². The molecule has 3 nitrogen and oxygen atoms in total. The largest absolute Gasteiger partial charge is 0.324 e. The smallest absolute Gasteiger partial charge is 0.238 e. The van der Waals surface area contributed by atoms with Crippen LogP contribution in [0.3, 0.4) is 0 Å². The van der Waals surface area contributed by atoms with Gasteiger partial charge < -0.3 is 5.32 Å². The molecule has 0 bridgehead atoms. The van der Waals surface area contributed by atoms with Gasteiger partial charge in [-0.25, -0.2) is 0 Å². The topological polar surface area (TPSA) is 32.3 Å². The van der Waals surface area contributed by atoms with Gasteiger partial charge in [-0.1, -0.05) is 30.5 Å². The Bertz CT molecular complexity index is 556. The van der Waals surface area contributed by atoms with Crippen LogP contribution in [0.1, 0.15) is 55.2 Å². The summed E-state index contributed by atoms with van der Waals surface area (Å²) in [7, 11) is 0. The van der Waals surface area contributed by atoms with E-state index in [0.29, 0.717) is 12.6 Å². The molecule has 2 atom stereocenters. The van der Waals surface area contributed by atoms with Crippen LogP contribution in [0.15, 0.2) is 12.1 Å². The molecule has 3 heteroatoms. The van der Waals surface area contributed by atoms with Gasteiger partial charge >= 0.3 is 0 Å². The van der Waals surface area contributed by atoms with E-state index >= 15 is 0 Å². The molecule has 0 spiro atoms. The van der Waals surface area contributed by atoms with Crippen molar-refractivity contribution < 1.29 is 4.79 Å². The minimum Gasteiger partial charge on any atom is -0.324 e. The number of aryl methyl sites for hydroxylation is 3. The van der Waals surface area contributed by atoms with E-state index in [9.17, 15) is 4.79 Å². The van der Waals surface area contributed by atoms with Gasteiger partial charge in [0.25, 0.3) is 0 Å². The predicted octanol–water partition coefficient (Wildman–Crippen LogP) is 4.20. The molecule has 1 aromatic carbocycles. The van der Waals surface area contributed by atoms with Gasteiger partial charge in [-0.05, 0) is 70.0 Å². The van der Waals surface area contributed by atoms with Crippen LogP contribution in [-0.4, -0.2) is 29.9 Å². The number of fused-ring (bicyclic) bond motifs is 1. The summed E-state index contributed by atoms with van der Waals surface area (Å²) < 4.78 is 0. The van der Waals surface area contributed by atoms with E-state index in [-0.39, 0.29) is 5.91 Å². The zero-order valence-corrected chi connectivity index (χ0v) is 14.8. The summed E-state index contributed by atoms with van der Waals surface area (Å²) in [4.78, 5) is 15.0. The number of nitrogens with zero attached hydrogens (tertiary/aromatic N) is 1. The lowest BCUT2D eigenvalue weighted by Gasteiger charge is -2.43. The van der Waals surface area contributed by atoms with Crippen molar-refractivity contribution in [1.82, 2.24) is 4.90 Å². The number of benzene rings is 1. The number of carbonyl (C=O) groups excluding carboxylic acids is 1. The van der Waals surface area contributed by atoms with Crippen molar-refractivity contribution in [2.45, 2.75) is 65.3 Å². The molecule has 2 aliphatic rings. The van der Waals surface area contributed by atoms with E-state index in [0.717, 1.165) is 29.3 Å². The molecule has 1 aliphatic carbocycles. The van der Waals surface area contributed by atoms with E-state index in [1.807, 2.05) is 0 Å². The number of carbonyl (C=O) groups is 1. The normalized spacial score (nSPS) is 25.0. The lowest BCUT2D eigenvalue weighted by atomic mass is 9.78. The summed E-state index contributed by atoms with van der Waals surface area (Å²) in [5.74, 6) is 0.972. The molecule has 3 rings (SSSR count). The molecule has 1 N–H and O–H groups in total. The van der Waals surface area contributed by atoms with Crippen LogP contribution < -0.4 is 5.32 Å². The Hall–Kier alpha value is -1.35. The predicted molar refractivity (Wildman–Crippen MR) is 95.8 cm³/mol. The van der Waals surface area contributed by atoms with E-state index in [4.69, 9.17) is 0 Å². The second-order valence-corrected chi connectivity index (χ2v) is 7.55. The Labute approximate surface area is 140 Å². The fourth-order valence-corrected chi connectivity index (χ4v) is 4.66. The highest BCUT2D eigenvalue weighted by molar-refractivity contribution is 5.93. The van der Waals surface area contributed by atoms with Gasteiger partial charge in [-0.15, -0.1) is 0 Å². The first-order valence-electron chi connectivity index (χ1n) is 9.16. The maximum atomic E-state index is 12.6. The molecule has 1 aliphatic heterocycles. The third-order valence-corrected chi connectivity index (χ3v) is 5.65. The highest BCUT2D eigenvalue weighted by atomic mass is 16.2. The zero-order chi connectivity index (χ0) is 16.4. The average Bonchev–Trinajstić information content (AvgIpc) is 2.51. The van der Waals surface area contributed by atoms with E-state index in [2.05, 4.69) is 43.1 Å². The number of hydrogen-bond donors (Lipinski definition) is 1. The third-order valence-electron chi connectivity index (χ3n) is 5.65. The average molecular weight is 314 g/mol. The van der Waals surface area contributed by atoms with Crippen LogP contribution in [0.2, 0.25) is 0 Å². The van der Waals surface area contributed by atoms with E-state index in [1.165, 1.54) is 44.1 Å². The summed E-state index contributed by atoms with van der Waals surface area (Å²) in [6.45, 7) is 7.89. The van der Waals surface area contributed by atoms with Crippen LogP contribution in [0.25, 0.3) is 0 Å². The molecule has 1 saturated carbocycles. The molecule has 1 amide bonds. The van der Waals surface area contributed by atoms with Crippen molar-refractivity contribution in [3.05, 3.63) is 28.8 Å². The Morgan fingerprint density at radius 3 is 2.48 bits per heavy atom. The van der Waals surface area contributed by atoms with Gasteiger partial charge in [0, 0.05) is 11.7 Å². The SMILES string of the molecule is Cc1cc(C)c(NC(=O)CN2CCC[C@H]3CCCC[C@@H]32)c(C)c1. The first-order valence-corrected chi connectivity index (χ1v) is 9.16. The Balaban J connectivity index is 1.65. The molecule has 2 fully saturated rings. The lowest BCUT2D eigenvalue weighted by Crippen LogP contribution is -2.49. The summed E-state index contributed by atoms with van der Waals surface area (Å²) in [6.07, 6.45) is 7.95.